The molecule has 0 bridgehead atoms. The second kappa shape index (κ2) is 16.0. The number of fused-ring (bicyclic) bond motifs is 1. The van der Waals surface area contributed by atoms with Gasteiger partial charge in [-0.1, -0.05) is 12.1 Å². The lowest BCUT2D eigenvalue weighted by Crippen LogP contribution is -2.45. The molecule has 2 N–H and O–H groups in total. The van der Waals surface area contributed by atoms with Gasteiger partial charge < -0.3 is 24.8 Å². The van der Waals surface area contributed by atoms with Crippen LogP contribution in [0.4, 0.5) is 5.82 Å². The highest BCUT2D eigenvalue weighted by Crippen LogP contribution is 2.25. The minimum atomic E-state index is -3.55. The van der Waals surface area contributed by atoms with Crippen molar-refractivity contribution in [3.05, 3.63) is 77.6 Å². The van der Waals surface area contributed by atoms with E-state index in [0.717, 1.165) is 41.2 Å². The first kappa shape index (κ1) is 34.9. The number of nitrogens with one attached hydrogen (secondary N) is 1. The van der Waals surface area contributed by atoms with Gasteiger partial charge in [-0.2, -0.15) is 0 Å². The van der Waals surface area contributed by atoms with Gasteiger partial charge in [-0.3, -0.25) is 9.78 Å². The lowest BCUT2D eigenvalue weighted by Gasteiger charge is -2.36. The highest BCUT2D eigenvalue weighted by Gasteiger charge is 2.23. The molecule has 1 aromatic carbocycles. The minimum Gasteiger partial charge on any atom is -0.397 e. The van der Waals surface area contributed by atoms with Crippen molar-refractivity contribution < 1.29 is 29.2 Å². The number of aliphatic hydroxyl groups is 1. The van der Waals surface area contributed by atoms with Gasteiger partial charge in [-0.25, -0.2) is 18.4 Å². The lowest BCUT2D eigenvalue weighted by molar-refractivity contribution is -0.00545. The molecular weight excluding hydrogens is 606 g/mol. The fourth-order valence-corrected chi connectivity index (χ4v) is 6.84. The Hall–Kier alpha value is -3.97. The van der Waals surface area contributed by atoms with Gasteiger partial charge >= 0.3 is 0 Å². The van der Waals surface area contributed by atoms with Crippen molar-refractivity contribution in [3.8, 4) is 11.4 Å². The van der Waals surface area contributed by atoms with E-state index in [1.807, 2.05) is 36.4 Å². The fraction of sp³-hybridized carbons (Fsp3) is 0.412. The van der Waals surface area contributed by atoms with Crippen molar-refractivity contribution >= 4 is 32.5 Å². The van der Waals surface area contributed by atoms with Crippen molar-refractivity contribution in [2.75, 3.05) is 44.1 Å². The summed E-state index contributed by atoms with van der Waals surface area (Å²) >= 11 is 0. The molecule has 0 aliphatic carbocycles. The number of pyridine rings is 3. The van der Waals surface area contributed by atoms with Crippen LogP contribution >= 0.6 is 0 Å². The monoisotopic (exact) mass is 651 g/mol. The molecule has 2 atom stereocenters. The normalized spacial score (nSPS) is 16.5. The summed E-state index contributed by atoms with van der Waals surface area (Å²) in [6, 6.07) is 16.4. The number of hydrogen-bond donors (Lipinski definition) is 2. The van der Waals surface area contributed by atoms with E-state index < -0.39 is 9.84 Å². The van der Waals surface area contributed by atoms with E-state index in [4.69, 9.17) is 24.5 Å². The van der Waals surface area contributed by atoms with E-state index in [0.29, 0.717) is 24.3 Å². The Balaban J connectivity index is 0.00000144. The molecule has 1 aliphatic heterocycles. The molecule has 4 heterocycles. The van der Waals surface area contributed by atoms with Crippen LogP contribution in [0.1, 0.15) is 50.2 Å². The van der Waals surface area contributed by atoms with Crippen LogP contribution in [-0.4, -0.2) is 85.8 Å². The van der Waals surface area contributed by atoms with Crippen LogP contribution in [0.2, 0.25) is 0 Å². The third-order valence-corrected chi connectivity index (χ3v) is 9.28. The molecule has 1 saturated heterocycles. The predicted octanol–water partition coefficient (Wildman–Crippen LogP) is 4.60. The number of aryl methyl sites for hydroxylation is 1. The zero-order valence-electron chi connectivity index (χ0n) is 27.1. The number of aliphatic hydroxyl groups excluding tert-OH is 1. The van der Waals surface area contributed by atoms with E-state index in [2.05, 4.69) is 29.0 Å². The second-order valence-electron chi connectivity index (χ2n) is 11.3. The number of aromatic nitrogens is 3. The number of hydrogen-bond acceptors (Lipinski definition) is 10. The van der Waals surface area contributed by atoms with E-state index in [1.54, 1.807) is 32.2 Å². The SMILES string of the molecule is CCO.COCCCS(=O)(=O)c1cc(C(=O)NCc2cc3nc(-c4cccc(N5C[C@@H](C)O[C@@H](C)C5)n4)ccc3cn2)ccc1C.[HH]. The Morgan fingerprint density at radius 1 is 1.09 bits per heavy atom. The Bertz CT molecular complexity index is 1750. The molecule has 1 aliphatic rings. The van der Waals surface area contributed by atoms with E-state index >= 15 is 0 Å². The van der Waals surface area contributed by atoms with Crippen LogP contribution in [0.15, 0.2) is 65.7 Å². The Morgan fingerprint density at radius 3 is 2.52 bits per heavy atom. The van der Waals surface area contributed by atoms with Crippen molar-refractivity contribution in [1.29, 1.82) is 0 Å². The van der Waals surface area contributed by atoms with Gasteiger partial charge in [0.2, 0.25) is 0 Å². The van der Waals surface area contributed by atoms with Crippen molar-refractivity contribution in [2.24, 2.45) is 0 Å². The molecule has 1 amide bonds. The van der Waals surface area contributed by atoms with Gasteiger partial charge in [0, 0.05) is 52.0 Å². The molecule has 0 unspecified atom stereocenters. The third kappa shape index (κ3) is 9.06. The summed E-state index contributed by atoms with van der Waals surface area (Å²) in [6.07, 6.45) is 2.37. The second-order valence-corrected chi connectivity index (χ2v) is 13.3. The summed E-state index contributed by atoms with van der Waals surface area (Å²) < 4.78 is 36.5. The smallest absolute Gasteiger partial charge is 0.251 e. The largest absolute Gasteiger partial charge is 0.397 e. The summed E-state index contributed by atoms with van der Waals surface area (Å²) in [4.78, 5) is 29.6. The van der Waals surface area contributed by atoms with Crippen molar-refractivity contribution in [3.63, 3.8) is 0 Å². The quantitative estimate of drug-likeness (QED) is 0.234. The number of rotatable bonds is 10. The number of ether oxygens (including phenoxy) is 2. The summed E-state index contributed by atoms with van der Waals surface area (Å²) in [5.74, 6) is 0.458. The van der Waals surface area contributed by atoms with Gasteiger partial charge in [-0.15, -0.1) is 0 Å². The summed E-state index contributed by atoms with van der Waals surface area (Å²) in [5.41, 5.74) is 3.74. The zero-order valence-corrected chi connectivity index (χ0v) is 27.9. The van der Waals surface area contributed by atoms with Crippen molar-refractivity contribution in [2.45, 2.75) is 57.8 Å². The summed E-state index contributed by atoms with van der Waals surface area (Å²) in [6.45, 7) is 9.86. The molecule has 1 fully saturated rings. The maximum atomic E-state index is 13.0. The molecular formula is C34H45N5O6S. The number of sulfone groups is 1. The van der Waals surface area contributed by atoms with E-state index in [9.17, 15) is 13.2 Å². The highest BCUT2D eigenvalue weighted by molar-refractivity contribution is 7.91. The molecule has 0 radical (unpaired) electrons. The maximum Gasteiger partial charge on any atom is 0.251 e. The minimum absolute atomic E-state index is 0. The van der Waals surface area contributed by atoms with Crippen LogP contribution in [0.25, 0.3) is 22.3 Å². The van der Waals surface area contributed by atoms with Gasteiger partial charge in [-0.05, 0) is 82.1 Å². The highest BCUT2D eigenvalue weighted by atomic mass is 32.2. The first-order valence-corrected chi connectivity index (χ1v) is 17.0. The number of nitrogens with zero attached hydrogens (tertiary/aromatic N) is 4. The lowest BCUT2D eigenvalue weighted by atomic mass is 10.1. The van der Waals surface area contributed by atoms with E-state index in [1.165, 1.54) is 13.2 Å². The van der Waals surface area contributed by atoms with Gasteiger partial charge in [0.15, 0.2) is 9.84 Å². The Kier molecular flexibility index (Phi) is 12.2. The molecule has 3 aromatic heterocycles. The number of morpholine rings is 1. The molecule has 4 aromatic rings. The van der Waals surface area contributed by atoms with Crippen molar-refractivity contribution in [1.82, 2.24) is 20.3 Å². The summed E-state index contributed by atoms with van der Waals surface area (Å²) in [5, 5.41) is 11.3. The van der Waals surface area contributed by atoms with Crippen LogP contribution in [0.5, 0.6) is 0 Å². The number of carbonyl (C=O) groups excluding carboxylic acids is 1. The number of benzene rings is 1. The molecule has 11 nitrogen and oxygen atoms in total. The molecule has 46 heavy (non-hydrogen) atoms. The third-order valence-electron chi connectivity index (χ3n) is 7.35. The zero-order chi connectivity index (χ0) is 33.3. The number of amides is 1. The Labute approximate surface area is 272 Å². The van der Waals surface area contributed by atoms with E-state index in [-0.39, 0.29) is 48.9 Å². The maximum absolute atomic E-state index is 13.0. The van der Waals surface area contributed by atoms with Crippen LogP contribution in [-0.2, 0) is 25.9 Å². The summed E-state index contributed by atoms with van der Waals surface area (Å²) in [7, 11) is -2.01. The van der Waals surface area contributed by atoms with Gasteiger partial charge in [0.1, 0.15) is 5.82 Å². The first-order valence-electron chi connectivity index (χ1n) is 15.4. The molecule has 0 saturated carbocycles. The topological polar surface area (TPSA) is 144 Å². The van der Waals surface area contributed by atoms with Crippen LogP contribution < -0.4 is 10.2 Å². The van der Waals surface area contributed by atoms with Gasteiger partial charge in [0.25, 0.3) is 5.91 Å². The van der Waals surface area contributed by atoms with Crippen LogP contribution in [0.3, 0.4) is 0 Å². The molecule has 0 spiro atoms. The van der Waals surface area contributed by atoms with Crippen LogP contribution in [0, 0.1) is 6.92 Å². The molecule has 248 valence electrons. The fourth-order valence-electron chi connectivity index (χ4n) is 5.26. The number of methoxy groups -OCH3 is 1. The number of carbonyl (C=O) groups is 1. The average molecular weight is 652 g/mol. The van der Waals surface area contributed by atoms with Gasteiger partial charge in [0.05, 0.1) is 52.0 Å². The molecule has 5 rings (SSSR count). The first-order chi connectivity index (χ1) is 22.0. The average Bonchev–Trinajstić information content (AvgIpc) is 3.03. The standard InChI is InChI=1S/C32H37N5O5S.C2H6O.H2/c1-21-9-10-24(15-30(21)43(39,40)14-6-13-41-4)32(38)34-18-26-16-29-25(17-33-26)11-12-28(35-29)27-7-5-8-31(36-27)37-19-22(2)42-23(3)20-37;1-2-3;/h5,7-12,15-17,22-23H,6,13-14,18-20H2,1-4H3,(H,34,38);3H,2H2,1H3;1H/t22-,23+;;. The number of anilines is 1. The Morgan fingerprint density at radius 2 is 1.80 bits per heavy atom. The predicted molar refractivity (Wildman–Crippen MR) is 181 cm³/mol. The molecule has 12 heteroatoms.